The van der Waals surface area contributed by atoms with Crippen molar-refractivity contribution in [3.63, 3.8) is 0 Å². The van der Waals surface area contributed by atoms with Crippen molar-refractivity contribution in [3.8, 4) is 0 Å². The lowest BCUT2D eigenvalue weighted by molar-refractivity contribution is -0.132. The molecule has 86 valence electrons. The van der Waals surface area contributed by atoms with Gasteiger partial charge in [-0.25, -0.2) is 5.01 Å². The highest BCUT2D eigenvalue weighted by atomic mass is 32.1. The highest BCUT2D eigenvalue weighted by Crippen LogP contribution is 2.36. The summed E-state index contributed by atoms with van der Waals surface area (Å²) in [6.07, 6.45) is 4.78. The van der Waals surface area contributed by atoms with Gasteiger partial charge in [-0.2, -0.15) is 0 Å². The summed E-state index contributed by atoms with van der Waals surface area (Å²) < 4.78 is 0. The molecule has 1 saturated carbocycles. The van der Waals surface area contributed by atoms with E-state index < -0.39 is 5.41 Å². The molecule has 0 unspecified atom stereocenters. The molecule has 5 heteroatoms. The van der Waals surface area contributed by atoms with Gasteiger partial charge in [0.15, 0.2) is 0 Å². The zero-order valence-corrected chi connectivity index (χ0v) is 10.2. The zero-order valence-electron chi connectivity index (χ0n) is 9.38. The molecule has 1 amide bonds. The summed E-state index contributed by atoms with van der Waals surface area (Å²) in [5, 5.41) is 1.64. The molecule has 1 rings (SSSR count). The van der Waals surface area contributed by atoms with E-state index in [2.05, 4.69) is 5.43 Å². The minimum absolute atomic E-state index is 0.0558. The number of thiocarbonyl (C=S) groups is 1. The summed E-state index contributed by atoms with van der Waals surface area (Å²) in [7, 11) is 3.57. The van der Waals surface area contributed by atoms with Crippen LogP contribution >= 0.6 is 12.2 Å². The van der Waals surface area contributed by atoms with E-state index in [-0.39, 0.29) is 5.91 Å². The maximum Gasteiger partial charge on any atom is 0.247 e. The molecule has 0 radical (unpaired) electrons. The Hall–Kier alpha value is -0.680. The summed E-state index contributed by atoms with van der Waals surface area (Å²) in [5.41, 5.74) is 7.88. The number of hydrazine groups is 1. The number of nitrogens with two attached hydrogens (primary N) is 1. The van der Waals surface area contributed by atoms with E-state index in [0.717, 1.165) is 25.7 Å². The first kappa shape index (κ1) is 12.4. The smallest absolute Gasteiger partial charge is 0.247 e. The molecule has 1 fully saturated rings. The lowest BCUT2D eigenvalue weighted by Crippen LogP contribution is -2.53. The third-order valence-electron chi connectivity index (χ3n) is 2.94. The maximum absolute atomic E-state index is 12.1. The van der Waals surface area contributed by atoms with Crippen LogP contribution in [0.4, 0.5) is 0 Å². The van der Waals surface area contributed by atoms with E-state index >= 15 is 0 Å². The lowest BCUT2D eigenvalue weighted by atomic mass is 9.73. The van der Waals surface area contributed by atoms with Gasteiger partial charge in [-0.15, -0.1) is 0 Å². The van der Waals surface area contributed by atoms with Gasteiger partial charge in [0, 0.05) is 14.1 Å². The lowest BCUT2D eigenvalue weighted by Gasteiger charge is -2.35. The van der Waals surface area contributed by atoms with E-state index in [1.807, 2.05) is 0 Å². The van der Waals surface area contributed by atoms with Crippen molar-refractivity contribution in [2.75, 3.05) is 14.1 Å². The fourth-order valence-corrected chi connectivity index (χ4v) is 2.35. The van der Waals surface area contributed by atoms with Crippen molar-refractivity contribution in [3.05, 3.63) is 0 Å². The first-order valence-corrected chi connectivity index (χ1v) is 5.68. The van der Waals surface area contributed by atoms with Crippen molar-refractivity contribution < 1.29 is 4.79 Å². The maximum atomic E-state index is 12.1. The number of hydrogen-bond donors (Lipinski definition) is 2. The summed E-state index contributed by atoms with van der Waals surface area (Å²) in [6.45, 7) is 0. The van der Waals surface area contributed by atoms with Crippen LogP contribution in [0, 0.1) is 5.41 Å². The molecule has 4 nitrogen and oxygen atoms in total. The summed E-state index contributed by atoms with van der Waals surface area (Å²) >= 11 is 5.06. The van der Waals surface area contributed by atoms with E-state index in [1.165, 1.54) is 6.42 Å². The van der Waals surface area contributed by atoms with Crippen molar-refractivity contribution >= 4 is 23.1 Å². The summed E-state index contributed by atoms with van der Waals surface area (Å²) in [5.74, 6) is -0.0558. The van der Waals surface area contributed by atoms with E-state index in [4.69, 9.17) is 18.0 Å². The Morgan fingerprint density at radius 1 is 1.33 bits per heavy atom. The number of nitrogens with zero attached hydrogens (tertiary/aromatic N) is 1. The second kappa shape index (κ2) is 4.90. The SMILES string of the molecule is CN(C)NC(=O)C1(C(N)=S)CCCCC1. The van der Waals surface area contributed by atoms with Crippen molar-refractivity contribution in [2.24, 2.45) is 11.1 Å². The van der Waals surface area contributed by atoms with Gasteiger partial charge in [-0.3, -0.25) is 10.2 Å². The molecule has 1 aliphatic carbocycles. The van der Waals surface area contributed by atoms with Gasteiger partial charge < -0.3 is 5.73 Å². The number of hydrogen-bond acceptors (Lipinski definition) is 3. The largest absolute Gasteiger partial charge is 0.392 e. The van der Waals surface area contributed by atoms with Gasteiger partial charge in [0.1, 0.15) is 5.41 Å². The Kier molecular flexibility index (Phi) is 4.04. The van der Waals surface area contributed by atoms with Gasteiger partial charge in [0.2, 0.25) is 5.91 Å². The van der Waals surface area contributed by atoms with Crippen LogP contribution in [0.3, 0.4) is 0 Å². The van der Waals surface area contributed by atoms with E-state index in [9.17, 15) is 4.79 Å². The van der Waals surface area contributed by atoms with Gasteiger partial charge in [-0.1, -0.05) is 31.5 Å². The average molecular weight is 229 g/mol. The second-order valence-electron chi connectivity index (χ2n) is 4.34. The standard InChI is InChI=1S/C10H19N3OS/c1-13(2)12-9(14)10(8(11)15)6-4-3-5-7-10/h3-7H2,1-2H3,(H2,11,15)(H,12,14). The van der Waals surface area contributed by atoms with Gasteiger partial charge >= 0.3 is 0 Å². The highest BCUT2D eigenvalue weighted by Gasteiger charge is 2.42. The highest BCUT2D eigenvalue weighted by molar-refractivity contribution is 7.80. The second-order valence-corrected chi connectivity index (χ2v) is 4.78. The molecule has 0 aromatic rings. The number of nitrogens with one attached hydrogen (secondary N) is 1. The molecule has 0 atom stereocenters. The average Bonchev–Trinajstić information content (AvgIpc) is 2.17. The fourth-order valence-electron chi connectivity index (χ4n) is 2.05. The predicted molar refractivity (Wildman–Crippen MR) is 64.1 cm³/mol. The summed E-state index contributed by atoms with van der Waals surface area (Å²) in [4.78, 5) is 12.4. The van der Waals surface area contributed by atoms with Crippen molar-refractivity contribution in [2.45, 2.75) is 32.1 Å². The normalized spacial score (nSPS) is 19.9. The van der Waals surface area contributed by atoms with Crippen LogP contribution in [0.15, 0.2) is 0 Å². The zero-order chi connectivity index (χ0) is 11.5. The van der Waals surface area contributed by atoms with E-state index in [1.54, 1.807) is 19.1 Å². The molecule has 3 N–H and O–H groups in total. The minimum Gasteiger partial charge on any atom is -0.392 e. The number of rotatable bonds is 3. The molecule has 0 bridgehead atoms. The van der Waals surface area contributed by atoms with Crippen molar-refractivity contribution in [1.29, 1.82) is 0 Å². The molecular weight excluding hydrogens is 210 g/mol. The molecule has 0 heterocycles. The Bertz CT molecular complexity index is 259. The minimum atomic E-state index is -0.613. The Labute approximate surface area is 96.2 Å². The first-order valence-electron chi connectivity index (χ1n) is 5.27. The summed E-state index contributed by atoms with van der Waals surface area (Å²) in [6, 6.07) is 0. The predicted octanol–water partition coefficient (Wildman–Crippen LogP) is 0.816. The van der Waals surface area contributed by atoms with Gasteiger partial charge in [-0.05, 0) is 12.8 Å². The quantitative estimate of drug-likeness (QED) is 0.555. The van der Waals surface area contributed by atoms with Crippen LogP contribution < -0.4 is 11.2 Å². The van der Waals surface area contributed by atoms with Gasteiger partial charge in [0.05, 0.1) is 4.99 Å². The molecule has 0 aromatic carbocycles. The molecule has 15 heavy (non-hydrogen) atoms. The monoisotopic (exact) mass is 229 g/mol. The molecule has 0 aliphatic heterocycles. The van der Waals surface area contributed by atoms with Crippen LogP contribution in [-0.4, -0.2) is 30.0 Å². The van der Waals surface area contributed by atoms with Gasteiger partial charge in [0.25, 0.3) is 0 Å². The van der Waals surface area contributed by atoms with Crippen LogP contribution in [0.5, 0.6) is 0 Å². The van der Waals surface area contributed by atoms with Crippen molar-refractivity contribution in [1.82, 2.24) is 10.4 Å². The molecular formula is C10H19N3OS. The van der Waals surface area contributed by atoms with Crippen LogP contribution in [0.2, 0.25) is 0 Å². The third kappa shape index (κ3) is 2.66. The molecule has 0 saturated heterocycles. The third-order valence-corrected chi connectivity index (χ3v) is 3.33. The topological polar surface area (TPSA) is 58.4 Å². The van der Waals surface area contributed by atoms with E-state index in [0.29, 0.717) is 4.99 Å². The van der Waals surface area contributed by atoms with Crippen LogP contribution in [0.25, 0.3) is 0 Å². The molecule has 0 spiro atoms. The number of carbonyl (C=O) groups is 1. The Morgan fingerprint density at radius 2 is 1.87 bits per heavy atom. The number of carbonyl (C=O) groups excluding carboxylic acids is 1. The number of amides is 1. The Balaban J connectivity index is 2.80. The molecule has 1 aliphatic rings. The fraction of sp³-hybridized carbons (Fsp3) is 0.800. The first-order chi connectivity index (χ1) is 6.99. The molecule has 0 aromatic heterocycles. The van der Waals surface area contributed by atoms with Crippen LogP contribution in [0.1, 0.15) is 32.1 Å². The Morgan fingerprint density at radius 3 is 2.27 bits per heavy atom. The van der Waals surface area contributed by atoms with Crippen LogP contribution in [-0.2, 0) is 4.79 Å².